The summed E-state index contributed by atoms with van der Waals surface area (Å²) < 4.78 is 0. The van der Waals surface area contributed by atoms with Gasteiger partial charge in [-0.2, -0.15) is 0 Å². The number of aromatic nitrogens is 3. The zero-order chi connectivity index (χ0) is 16.2. The molecule has 0 unspecified atom stereocenters. The van der Waals surface area contributed by atoms with Gasteiger partial charge in [0, 0.05) is 45.0 Å². The number of hydrogen-bond acceptors (Lipinski definition) is 5. The lowest BCUT2D eigenvalue weighted by atomic mass is 10.1. The minimum atomic E-state index is 0.274. The van der Waals surface area contributed by atoms with E-state index in [2.05, 4.69) is 33.7 Å². The van der Waals surface area contributed by atoms with Crippen LogP contribution in [0.2, 0.25) is 0 Å². The summed E-state index contributed by atoms with van der Waals surface area (Å²) in [4.78, 5) is 29.4. The van der Waals surface area contributed by atoms with Crippen molar-refractivity contribution in [1.82, 2.24) is 19.9 Å². The molecule has 2 aromatic heterocycles. The van der Waals surface area contributed by atoms with E-state index in [1.54, 1.807) is 12.4 Å². The molecule has 3 rings (SSSR count). The van der Waals surface area contributed by atoms with Crippen LogP contribution in [-0.4, -0.2) is 51.9 Å². The summed E-state index contributed by atoms with van der Waals surface area (Å²) in [5.74, 6) is 1.76. The van der Waals surface area contributed by atoms with Crippen LogP contribution in [0.25, 0.3) is 11.2 Å². The van der Waals surface area contributed by atoms with Crippen molar-refractivity contribution in [3.05, 3.63) is 24.5 Å². The standard InChI is InChI=1S/C17H23N5O/c1-13(2)3-6-16(23)22-11-9-21(10-12-22)15-5-4-14-17(20-15)19-8-7-18-14/h4-5,7-8,13H,3,6,9-12H2,1-2H3. The van der Waals surface area contributed by atoms with Crippen LogP contribution in [-0.2, 0) is 4.79 Å². The summed E-state index contributed by atoms with van der Waals surface area (Å²) in [5, 5.41) is 0. The largest absolute Gasteiger partial charge is 0.353 e. The maximum atomic E-state index is 12.2. The van der Waals surface area contributed by atoms with Gasteiger partial charge in [0.2, 0.25) is 5.91 Å². The highest BCUT2D eigenvalue weighted by Crippen LogP contribution is 2.17. The van der Waals surface area contributed by atoms with Crippen LogP contribution in [0.5, 0.6) is 0 Å². The fourth-order valence-electron chi connectivity index (χ4n) is 2.78. The van der Waals surface area contributed by atoms with Gasteiger partial charge in [-0.05, 0) is 24.5 Å². The highest BCUT2D eigenvalue weighted by Gasteiger charge is 2.22. The molecule has 6 nitrogen and oxygen atoms in total. The van der Waals surface area contributed by atoms with Crippen LogP contribution in [0.15, 0.2) is 24.5 Å². The Morgan fingerprint density at radius 3 is 2.61 bits per heavy atom. The van der Waals surface area contributed by atoms with Crippen molar-refractivity contribution < 1.29 is 4.79 Å². The average Bonchev–Trinajstić information content (AvgIpc) is 2.59. The molecule has 0 aromatic carbocycles. The normalized spacial score (nSPS) is 15.4. The lowest BCUT2D eigenvalue weighted by molar-refractivity contribution is -0.131. The molecule has 1 aliphatic heterocycles. The molecule has 0 bridgehead atoms. The Morgan fingerprint density at radius 2 is 1.87 bits per heavy atom. The third-order valence-electron chi connectivity index (χ3n) is 4.21. The van der Waals surface area contributed by atoms with Gasteiger partial charge in [0.05, 0.1) is 0 Å². The number of anilines is 1. The molecule has 0 aliphatic carbocycles. The number of carbonyl (C=O) groups is 1. The first-order valence-electron chi connectivity index (χ1n) is 8.24. The van der Waals surface area contributed by atoms with Gasteiger partial charge in [0.1, 0.15) is 11.3 Å². The highest BCUT2D eigenvalue weighted by molar-refractivity contribution is 5.76. The molecule has 122 valence electrons. The number of rotatable bonds is 4. The Hall–Kier alpha value is -2.24. The summed E-state index contributed by atoms with van der Waals surface area (Å²) in [5.41, 5.74) is 1.47. The monoisotopic (exact) mass is 313 g/mol. The van der Waals surface area contributed by atoms with Crippen LogP contribution in [0.1, 0.15) is 26.7 Å². The van der Waals surface area contributed by atoms with Crippen LogP contribution >= 0.6 is 0 Å². The molecule has 6 heteroatoms. The van der Waals surface area contributed by atoms with E-state index in [4.69, 9.17) is 0 Å². The summed E-state index contributed by atoms with van der Waals surface area (Å²) in [6.45, 7) is 7.45. The molecule has 23 heavy (non-hydrogen) atoms. The molecule has 3 heterocycles. The first-order chi connectivity index (χ1) is 11.1. The summed E-state index contributed by atoms with van der Waals surface area (Å²) in [6, 6.07) is 3.93. The van der Waals surface area contributed by atoms with Crippen molar-refractivity contribution >= 4 is 22.9 Å². The zero-order valence-electron chi connectivity index (χ0n) is 13.8. The van der Waals surface area contributed by atoms with Gasteiger partial charge in [0.25, 0.3) is 0 Å². The first-order valence-corrected chi connectivity index (χ1v) is 8.24. The predicted octanol–water partition coefficient (Wildman–Crippen LogP) is 2.11. The molecular formula is C17H23N5O. The van der Waals surface area contributed by atoms with Crippen molar-refractivity contribution in [3.8, 4) is 0 Å². The van der Waals surface area contributed by atoms with Gasteiger partial charge in [-0.15, -0.1) is 0 Å². The molecule has 1 aliphatic rings. The minimum Gasteiger partial charge on any atom is -0.353 e. The lowest BCUT2D eigenvalue weighted by Gasteiger charge is -2.35. The van der Waals surface area contributed by atoms with Gasteiger partial charge < -0.3 is 9.80 Å². The molecule has 1 saturated heterocycles. The van der Waals surface area contributed by atoms with E-state index in [-0.39, 0.29) is 5.91 Å². The minimum absolute atomic E-state index is 0.274. The molecule has 0 atom stereocenters. The molecule has 1 fully saturated rings. The molecule has 0 N–H and O–H groups in total. The van der Waals surface area contributed by atoms with E-state index in [1.165, 1.54) is 0 Å². The fraction of sp³-hybridized carbons (Fsp3) is 0.529. The number of nitrogens with zero attached hydrogens (tertiary/aromatic N) is 5. The van der Waals surface area contributed by atoms with Crippen molar-refractivity contribution in [2.45, 2.75) is 26.7 Å². The molecule has 0 saturated carbocycles. The second kappa shape index (κ2) is 6.89. The zero-order valence-corrected chi connectivity index (χ0v) is 13.8. The van der Waals surface area contributed by atoms with Gasteiger partial charge >= 0.3 is 0 Å². The quantitative estimate of drug-likeness (QED) is 0.865. The second-order valence-corrected chi connectivity index (χ2v) is 6.37. The highest BCUT2D eigenvalue weighted by atomic mass is 16.2. The van der Waals surface area contributed by atoms with Crippen molar-refractivity contribution in [2.24, 2.45) is 5.92 Å². The summed E-state index contributed by atoms with van der Waals surface area (Å²) in [6.07, 6.45) is 4.95. The smallest absolute Gasteiger partial charge is 0.222 e. The number of piperazine rings is 1. The van der Waals surface area contributed by atoms with Crippen LogP contribution < -0.4 is 4.90 Å². The van der Waals surface area contributed by atoms with Crippen molar-refractivity contribution in [2.75, 3.05) is 31.1 Å². The number of amides is 1. The van der Waals surface area contributed by atoms with Gasteiger partial charge in [-0.3, -0.25) is 9.78 Å². The van der Waals surface area contributed by atoms with Crippen molar-refractivity contribution in [1.29, 1.82) is 0 Å². The maximum Gasteiger partial charge on any atom is 0.222 e. The number of fused-ring (bicyclic) bond motifs is 1. The Morgan fingerprint density at radius 1 is 1.13 bits per heavy atom. The van der Waals surface area contributed by atoms with E-state index >= 15 is 0 Å². The molecular weight excluding hydrogens is 290 g/mol. The SMILES string of the molecule is CC(C)CCC(=O)N1CCN(c2ccc3nccnc3n2)CC1. The Labute approximate surface area is 136 Å². The van der Waals surface area contributed by atoms with E-state index in [1.807, 2.05) is 17.0 Å². The molecule has 0 radical (unpaired) electrons. The fourth-order valence-corrected chi connectivity index (χ4v) is 2.78. The maximum absolute atomic E-state index is 12.2. The van der Waals surface area contributed by atoms with E-state index < -0.39 is 0 Å². The molecule has 1 amide bonds. The topological polar surface area (TPSA) is 62.2 Å². The lowest BCUT2D eigenvalue weighted by Crippen LogP contribution is -2.49. The number of pyridine rings is 1. The summed E-state index contributed by atoms with van der Waals surface area (Å²) in [7, 11) is 0. The van der Waals surface area contributed by atoms with E-state index in [0.29, 0.717) is 18.0 Å². The Bertz CT molecular complexity index is 679. The van der Waals surface area contributed by atoms with Gasteiger partial charge in [-0.1, -0.05) is 13.8 Å². The number of carbonyl (C=O) groups excluding carboxylic acids is 1. The van der Waals surface area contributed by atoms with Crippen LogP contribution in [0.4, 0.5) is 5.82 Å². The van der Waals surface area contributed by atoms with Crippen LogP contribution in [0.3, 0.4) is 0 Å². The van der Waals surface area contributed by atoms with E-state index in [9.17, 15) is 4.79 Å². The number of hydrogen-bond donors (Lipinski definition) is 0. The Balaban J connectivity index is 1.60. The van der Waals surface area contributed by atoms with Crippen molar-refractivity contribution in [3.63, 3.8) is 0 Å². The second-order valence-electron chi connectivity index (χ2n) is 6.37. The van der Waals surface area contributed by atoms with Crippen LogP contribution in [0, 0.1) is 5.92 Å². The molecule has 0 spiro atoms. The van der Waals surface area contributed by atoms with Gasteiger partial charge in [0.15, 0.2) is 5.65 Å². The Kier molecular flexibility index (Phi) is 4.69. The third-order valence-corrected chi connectivity index (χ3v) is 4.21. The predicted molar refractivity (Wildman–Crippen MR) is 90.2 cm³/mol. The first kappa shape index (κ1) is 15.6. The molecule has 2 aromatic rings. The average molecular weight is 313 g/mol. The van der Waals surface area contributed by atoms with Gasteiger partial charge in [-0.25, -0.2) is 9.97 Å². The summed E-state index contributed by atoms with van der Waals surface area (Å²) >= 11 is 0. The van der Waals surface area contributed by atoms with E-state index in [0.717, 1.165) is 43.9 Å². The third kappa shape index (κ3) is 3.75.